The van der Waals surface area contributed by atoms with Gasteiger partial charge in [-0.05, 0) is 35.9 Å². The smallest absolute Gasteiger partial charge is 0.119 e. The van der Waals surface area contributed by atoms with Gasteiger partial charge >= 0.3 is 0 Å². The number of aromatic amines is 1. The number of nitrogens with zero attached hydrogens (tertiary/aromatic N) is 1. The molecule has 0 aliphatic rings. The minimum atomic E-state index is 0.807. The highest BCUT2D eigenvalue weighted by molar-refractivity contribution is 6.02. The Balaban J connectivity index is 2.14. The molecule has 0 bridgehead atoms. The molecule has 0 aliphatic heterocycles. The third-order valence-corrected chi connectivity index (χ3v) is 3.33. The summed E-state index contributed by atoms with van der Waals surface area (Å²) in [5.41, 5.74) is 3.79. The molecule has 0 spiro atoms. The molecule has 0 saturated heterocycles. The number of aromatic nitrogens is 2. The highest BCUT2D eigenvalue weighted by Gasteiger charge is 2.08. The molecule has 21 heavy (non-hydrogen) atoms. The monoisotopic (exact) mass is 274 g/mol. The summed E-state index contributed by atoms with van der Waals surface area (Å²) in [5, 5.41) is 1.04. The number of allylic oxidation sites excluding steroid dienone is 1. The molecule has 0 amide bonds. The molecule has 3 aromatic rings. The Morgan fingerprint density at radius 2 is 2.29 bits per heavy atom. The minimum absolute atomic E-state index is 0.807. The van der Waals surface area contributed by atoms with Gasteiger partial charge in [0.2, 0.25) is 0 Å². The van der Waals surface area contributed by atoms with Crippen molar-refractivity contribution >= 4 is 22.6 Å². The normalized spacial score (nSPS) is 11.3. The second-order valence-electron chi connectivity index (χ2n) is 4.60. The molecule has 0 aliphatic carbocycles. The molecule has 3 heteroatoms. The van der Waals surface area contributed by atoms with E-state index in [0.717, 1.165) is 33.4 Å². The van der Waals surface area contributed by atoms with Crippen LogP contribution in [0.1, 0.15) is 11.1 Å². The highest BCUT2D eigenvalue weighted by Crippen LogP contribution is 2.29. The van der Waals surface area contributed by atoms with Crippen molar-refractivity contribution in [2.75, 3.05) is 7.11 Å². The van der Waals surface area contributed by atoms with Gasteiger partial charge in [0.25, 0.3) is 0 Å². The van der Waals surface area contributed by atoms with Crippen LogP contribution < -0.4 is 4.74 Å². The zero-order chi connectivity index (χ0) is 14.7. The van der Waals surface area contributed by atoms with Crippen molar-refractivity contribution in [1.29, 1.82) is 0 Å². The zero-order valence-corrected chi connectivity index (χ0v) is 11.6. The standard InChI is InChI=1S/C18H14N2O/c1-3-14(9-13-5-4-8-19-11-13)17-12-20-18-7-6-15(21-2)10-16(17)18/h1,4-12,20H,2H3/b14-9-. The lowest BCUT2D eigenvalue weighted by atomic mass is 10.0. The van der Waals surface area contributed by atoms with Crippen LogP contribution in [0.4, 0.5) is 0 Å². The summed E-state index contributed by atoms with van der Waals surface area (Å²) < 4.78 is 5.28. The van der Waals surface area contributed by atoms with Gasteiger partial charge in [-0.2, -0.15) is 0 Å². The molecule has 0 unspecified atom stereocenters. The van der Waals surface area contributed by atoms with Crippen LogP contribution in [0.25, 0.3) is 22.6 Å². The molecule has 2 aromatic heterocycles. The Morgan fingerprint density at radius 1 is 1.38 bits per heavy atom. The van der Waals surface area contributed by atoms with Crippen molar-refractivity contribution in [3.05, 3.63) is 60.0 Å². The average molecular weight is 274 g/mol. The zero-order valence-electron chi connectivity index (χ0n) is 11.6. The SMILES string of the molecule is C#C/C(=C/c1cccnc1)c1c[nH]c2ccc(OC)cc12. The van der Waals surface area contributed by atoms with Crippen LogP contribution in [0.3, 0.4) is 0 Å². The summed E-state index contributed by atoms with van der Waals surface area (Å²) in [4.78, 5) is 7.33. The van der Waals surface area contributed by atoms with Crippen molar-refractivity contribution in [3.63, 3.8) is 0 Å². The second-order valence-corrected chi connectivity index (χ2v) is 4.60. The largest absolute Gasteiger partial charge is 0.497 e. The quantitative estimate of drug-likeness (QED) is 0.739. The molecule has 0 atom stereocenters. The molecule has 102 valence electrons. The number of hydrogen-bond acceptors (Lipinski definition) is 2. The summed E-state index contributed by atoms with van der Waals surface area (Å²) >= 11 is 0. The Bertz CT molecular complexity index is 839. The van der Waals surface area contributed by atoms with Crippen LogP contribution in [0.15, 0.2) is 48.9 Å². The number of H-pyrrole nitrogens is 1. The summed E-state index contributed by atoms with van der Waals surface area (Å²) in [7, 11) is 1.65. The van der Waals surface area contributed by atoms with Crippen LogP contribution in [-0.2, 0) is 0 Å². The van der Waals surface area contributed by atoms with E-state index in [4.69, 9.17) is 11.2 Å². The maximum Gasteiger partial charge on any atom is 0.119 e. The molecular weight excluding hydrogens is 260 g/mol. The van der Waals surface area contributed by atoms with E-state index in [2.05, 4.69) is 15.9 Å². The number of rotatable bonds is 3. The topological polar surface area (TPSA) is 37.9 Å². The lowest BCUT2D eigenvalue weighted by molar-refractivity contribution is 0.415. The number of terminal acetylenes is 1. The van der Waals surface area contributed by atoms with E-state index in [0.29, 0.717) is 0 Å². The number of methoxy groups -OCH3 is 1. The van der Waals surface area contributed by atoms with Crippen LogP contribution in [0, 0.1) is 12.3 Å². The van der Waals surface area contributed by atoms with Crippen LogP contribution in [0.5, 0.6) is 5.75 Å². The first-order chi connectivity index (χ1) is 10.3. The third kappa shape index (κ3) is 2.52. The van der Waals surface area contributed by atoms with Crippen molar-refractivity contribution in [3.8, 4) is 18.1 Å². The van der Waals surface area contributed by atoms with E-state index in [1.165, 1.54) is 0 Å². The number of hydrogen-bond donors (Lipinski definition) is 1. The van der Waals surface area contributed by atoms with Gasteiger partial charge < -0.3 is 9.72 Å². The Kier molecular flexibility index (Phi) is 3.44. The van der Waals surface area contributed by atoms with Crippen molar-refractivity contribution in [1.82, 2.24) is 9.97 Å². The maximum atomic E-state index is 5.69. The molecule has 2 heterocycles. The summed E-state index contributed by atoms with van der Waals surface area (Å²) in [6.45, 7) is 0. The van der Waals surface area contributed by atoms with Gasteiger partial charge in [0.05, 0.1) is 7.11 Å². The third-order valence-electron chi connectivity index (χ3n) is 3.33. The maximum absolute atomic E-state index is 5.69. The van der Waals surface area contributed by atoms with E-state index in [-0.39, 0.29) is 0 Å². The van der Waals surface area contributed by atoms with Gasteiger partial charge in [0.1, 0.15) is 5.75 Å². The van der Waals surface area contributed by atoms with E-state index < -0.39 is 0 Å². The number of nitrogens with one attached hydrogen (secondary N) is 1. The molecule has 1 aromatic carbocycles. The predicted octanol–water partition coefficient (Wildman–Crippen LogP) is 3.75. The fourth-order valence-corrected chi connectivity index (χ4v) is 2.27. The van der Waals surface area contributed by atoms with E-state index in [9.17, 15) is 0 Å². The van der Waals surface area contributed by atoms with E-state index in [1.54, 1.807) is 19.5 Å². The first-order valence-corrected chi connectivity index (χ1v) is 6.55. The highest BCUT2D eigenvalue weighted by atomic mass is 16.5. The summed E-state index contributed by atoms with van der Waals surface area (Å²) in [5.74, 6) is 3.56. The van der Waals surface area contributed by atoms with Crippen molar-refractivity contribution in [2.45, 2.75) is 0 Å². The molecule has 1 N–H and O–H groups in total. The van der Waals surface area contributed by atoms with Gasteiger partial charge in [-0.3, -0.25) is 4.98 Å². The van der Waals surface area contributed by atoms with Crippen LogP contribution in [-0.4, -0.2) is 17.1 Å². The second kappa shape index (κ2) is 5.56. The molecule has 3 nitrogen and oxygen atoms in total. The van der Waals surface area contributed by atoms with Crippen LogP contribution >= 0.6 is 0 Å². The number of ether oxygens (including phenoxy) is 1. The first-order valence-electron chi connectivity index (χ1n) is 6.55. The Hall–Kier alpha value is -2.99. The van der Waals surface area contributed by atoms with Gasteiger partial charge in [-0.25, -0.2) is 0 Å². The molecule has 0 radical (unpaired) electrons. The summed E-state index contributed by atoms with van der Waals surface area (Å²) in [6.07, 6.45) is 13.1. The Morgan fingerprint density at radius 3 is 3.00 bits per heavy atom. The van der Waals surface area contributed by atoms with Gasteiger partial charge in [0.15, 0.2) is 0 Å². The first kappa shape index (κ1) is 13.0. The van der Waals surface area contributed by atoms with Gasteiger partial charge in [0, 0.05) is 40.6 Å². The van der Waals surface area contributed by atoms with Crippen molar-refractivity contribution < 1.29 is 4.74 Å². The lowest BCUT2D eigenvalue weighted by Crippen LogP contribution is -1.84. The number of benzene rings is 1. The average Bonchev–Trinajstić information content (AvgIpc) is 2.96. The molecule has 3 rings (SSSR count). The number of pyridine rings is 1. The molecular formula is C18H14N2O. The summed E-state index contributed by atoms with van der Waals surface area (Å²) in [6, 6.07) is 9.74. The lowest BCUT2D eigenvalue weighted by Gasteiger charge is -2.02. The van der Waals surface area contributed by atoms with E-state index >= 15 is 0 Å². The molecule has 0 fully saturated rings. The number of fused-ring (bicyclic) bond motifs is 1. The fraction of sp³-hybridized carbons (Fsp3) is 0.0556. The minimum Gasteiger partial charge on any atom is -0.497 e. The van der Waals surface area contributed by atoms with Crippen LogP contribution in [0.2, 0.25) is 0 Å². The fourth-order valence-electron chi connectivity index (χ4n) is 2.27. The van der Waals surface area contributed by atoms with E-state index in [1.807, 2.05) is 42.6 Å². The van der Waals surface area contributed by atoms with Gasteiger partial charge in [-0.15, -0.1) is 6.42 Å². The van der Waals surface area contributed by atoms with Crippen molar-refractivity contribution in [2.24, 2.45) is 0 Å². The van der Waals surface area contributed by atoms with Gasteiger partial charge in [-0.1, -0.05) is 12.0 Å². The molecule has 0 saturated carbocycles. The Labute approximate surface area is 123 Å². The predicted molar refractivity (Wildman–Crippen MR) is 85.8 cm³/mol.